The van der Waals surface area contributed by atoms with Crippen molar-refractivity contribution in [3.05, 3.63) is 24.2 Å². The predicted octanol–water partition coefficient (Wildman–Crippen LogP) is 1.53. The number of amides is 1. The Hall–Kier alpha value is -1.98. The quantitative estimate of drug-likeness (QED) is 0.638. The second kappa shape index (κ2) is 7.53. The van der Waals surface area contributed by atoms with Crippen LogP contribution in [0, 0.1) is 0 Å². The molecular formula is C17H26N4O2. The molecule has 6 heteroatoms. The third-order valence-corrected chi connectivity index (χ3v) is 4.41. The van der Waals surface area contributed by atoms with Crippen molar-refractivity contribution in [1.82, 2.24) is 15.5 Å². The highest BCUT2D eigenvalue weighted by Crippen LogP contribution is 2.18. The zero-order chi connectivity index (χ0) is 16.1. The molecule has 1 aliphatic carbocycles. The Kier molecular flexibility index (Phi) is 5.20. The molecule has 1 aromatic rings. The summed E-state index contributed by atoms with van der Waals surface area (Å²) in [6.07, 6.45) is 6.91. The van der Waals surface area contributed by atoms with Crippen molar-refractivity contribution in [2.24, 2.45) is 4.99 Å². The zero-order valence-electron chi connectivity index (χ0n) is 13.8. The molecule has 6 nitrogen and oxygen atoms in total. The smallest absolute Gasteiger partial charge is 0.219 e. The lowest BCUT2D eigenvalue weighted by atomic mass is 10.1. The van der Waals surface area contributed by atoms with Gasteiger partial charge in [-0.05, 0) is 37.8 Å². The molecule has 2 fully saturated rings. The highest BCUT2D eigenvalue weighted by molar-refractivity contribution is 5.80. The van der Waals surface area contributed by atoms with Crippen LogP contribution in [0.15, 0.2) is 27.8 Å². The molecule has 0 spiro atoms. The van der Waals surface area contributed by atoms with Gasteiger partial charge in [0.1, 0.15) is 5.76 Å². The van der Waals surface area contributed by atoms with Gasteiger partial charge in [0.15, 0.2) is 5.96 Å². The summed E-state index contributed by atoms with van der Waals surface area (Å²) >= 11 is 0. The minimum Gasteiger partial charge on any atom is -0.469 e. The van der Waals surface area contributed by atoms with Crippen molar-refractivity contribution in [1.29, 1.82) is 0 Å². The van der Waals surface area contributed by atoms with E-state index >= 15 is 0 Å². The van der Waals surface area contributed by atoms with Crippen LogP contribution in [0.2, 0.25) is 0 Å². The number of rotatable bonds is 5. The molecule has 0 aromatic carbocycles. The van der Waals surface area contributed by atoms with Crippen LogP contribution in [0.4, 0.5) is 0 Å². The SMILES string of the molecule is CC(=O)N1CCC(NC(=NCCc2ccco2)NC2CC2)CC1. The maximum Gasteiger partial charge on any atom is 0.219 e. The van der Waals surface area contributed by atoms with Crippen molar-refractivity contribution in [2.45, 2.75) is 51.1 Å². The minimum atomic E-state index is 0.173. The predicted molar refractivity (Wildman–Crippen MR) is 89.3 cm³/mol. The number of hydrogen-bond donors (Lipinski definition) is 2. The number of nitrogens with zero attached hydrogens (tertiary/aromatic N) is 2. The van der Waals surface area contributed by atoms with Crippen LogP contribution in [0.5, 0.6) is 0 Å². The van der Waals surface area contributed by atoms with Gasteiger partial charge in [0.05, 0.1) is 6.26 Å². The Balaban J connectivity index is 1.49. The summed E-state index contributed by atoms with van der Waals surface area (Å²) in [6, 6.07) is 4.85. The maximum atomic E-state index is 11.4. The standard InChI is InChI=1S/C17H26N4O2/c1-13(22)21-10-7-15(8-11-21)20-17(19-14-4-5-14)18-9-6-16-3-2-12-23-16/h2-3,12,14-15H,4-11H2,1H3,(H2,18,19,20). The molecule has 3 rings (SSSR count). The normalized spacial score (nSPS) is 19.7. The number of hydrogen-bond acceptors (Lipinski definition) is 3. The summed E-state index contributed by atoms with van der Waals surface area (Å²) in [5, 5.41) is 7.02. The number of carbonyl (C=O) groups excluding carboxylic acids is 1. The van der Waals surface area contributed by atoms with Crippen LogP contribution in [0.3, 0.4) is 0 Å². The van der Waals surface area contributed by atoms with Crippen LogP contribution >= 0.6 is 0 Å². The van der Waals surface area contributed by atoms with E-state index in [1.54, 1.807) is 13.2 Å². The zero-order valence-corrected chi connectivity index (χ0v) is 13.8. The minimum absolute atomic E-state index is 0.173. The lowest BCUT2D eigenvalue weighted by Crippen LogP contribution is -2.50. The molecule has 0 bridgehead atoms. The Bertz CT molecular complexity index is 529. The lowest BCUT2D eigenvalue weighted by molar-refractivity contribution is -0.129. The molecule has 1 saturated carbocycles. The largest absolute Gasteiger partial charge is 0.469 e. The van der Waals surface area contributed by atoms with Crippen molar-refractivity contribution in [3.63, 3.8) is 0 Å². The molecule has 2 aliphatic rings. The molecular weight excluding hydrogens is 292 g/mol. The number of aliphatic imine (C=N–C) groups is 1. The summed E-state index contributed by atoms with van der Waals surface area (Å²) in [5.74, 6) is 2.04. The highest BCUT2D eigenvalue weighted by Gasteiger charge is 2.25. The van der Waals surface area contributed by atoms with E-state index in [-0.39, 0.29) is 5.91 Å². The molecule has 0 unspecified atom stereocenters. The fraction of sp³-hybridized carbons (Fsp3) is 0.647. The molecule has 0 atom stereocenters. The molecule has 126 valence electrons. The van der Waals surface area contributed by atoms with Crippen LogP contribution in [-0.4, -0.2) is 48.5 Å². The van der Waals surface area contributed by atoms with Gasteiger partial charge in [-0.15, -0.1) is 0 Å². The monoisotopic (exact) mass is 318 g/mol. The first-order valence-corrected chi connectivity index (χ1v) is 8.56. The summed E-state index contributed by atoms with van der Waals surface area (Å²) in [7, 11) is 0. The van der Waals surface area contributed by atoms with E-state index in [4.69, 9.17) is 4.42 Å². The summed E-state index contributed by atoms with van der Waals surface area (Å²) in [5.41, 5.74) is 0. The third kappa shape index (κ3) is 5.01. The molecule has 1 amide bonds. The average molecular weight is 318 g/mol. The molecule has 1 aromatic heterocycles. The van der Waals surface area contributed by atoms with Gasteiger partial charge in [0, 0.05) is 45.1 Å². The Morgan fingerprint density at radius 2 is 1.96 bits per heavy atom. The molecule has 0 radical (unpaired) electrons. The average Bonchev–Trinajstić information content (AvgIpc) is 3.20. The first-order chi connectivity index (χ1) is 11.2. The molecule has 1 aliphatic heterocycles. The van der Waals surface area contributed by atoms with Crippen LogP contribution in [-0.2, 0) is 11.2 Å². The number of guanidine groups is 1. The fourth-order valence-electron chi connectivity index (χ4n) is 2.82. The van der Waals surface area contributed by atoms with Crippen molar-refractivity contribution >= 4 is 11.9 Å². The second-order valence-electron chi connectivity index (χ2n) is 6.40. The van der Waals surface area contributed by atoms with E-state index in [1.165, 1.54) is 12.8 Å². The van der Waals surface area contributed by atoms with Crippen LogP contribution in [0.25, 0.3) is 0 Å². The summed E-state index contributed by atoms with van der Waals surface area (Å²) in [4.78, 5) is 18.0. The van der Waals surface area contributed by atoms with E-state index in [9.17, 15) is 4.79 Å². The van der Waals surface area contributed by atoms with Gasteiger partial charge in [-0.3, -0.25) is 9.79 Å². The first kappa shape index (κ1) is 15.9. The van der Waals surface area contributed by atoms with E-state index in [0.717, 1.165) is 44.1 Å². The first-order valence-electron chi connectivity index (χ1n) is 8.56. The maximum absolute atomic E-state index is 11.4. The molecule has 23 heavy (non-hydrogen) atoms. The van der Waals surface area contributed by atoms with Gasteiger partial charge in [-0.25, -0.2) is 0 Å². The number of carbonyl (C=O) groups is 1. The van der Waals surface area contributed by atoms with Crippen LogP contribution < -0.4 is 10.6 Å². The van der Waals surface area contributed by atoms with Gasteiger partial charge in [0.25, 0.3) is 0 Å². The van der Waals surface area contributed by atoms with Gasteiger partial charge in [0.2, 0.25) is 5.91 Å². The van der Waals surface area contributed by atoms with Gasteiger partial charge in [-0.2, -0.15) is 0 Å². The topological polar surface area (TPSA) is 69.9 Å². The van der Waals surface area contributed by atoms with Gasteiger partial charge >= 0.3 is 0 Å². The van der Waals surface area contributed by atoms with Crippen molar-refractivity contribution in [2.75, 3.05) is 19.6 Å². The third-order valence-electron chi connectivity index (χ3n) is 4.41. The Morgan fingerprint density at radius 3 is 2.52 bits per heavy atom. The van der Waals surface area contributed by atoms with E-state index in [2.05, 4.69) is 15.6 Å². The van der Waals surface area contributed by atoms with Crippen molar-refractivity contribution in [3.8, 4) is 0 Å². The summed E-state index contributed by atoms with van der Waals surface area (Å²) < 4.78 is 5.35. The molecule has 2 heterocycles. The lowest BCUT2D eigenvalue weighted by Gasteiger charge is -2.32. The number of piperidine rings is 1. The van der Waals surface area contributed by atoms with E-state index < -0.39 is 0 Å². The number of likely N-dealkylation sites (tertiary alicyclic amines) is 1. The Morgan fingerprint density at radius 1 is 1.26 bits per heavy atom. The molecule has 2 N–H and O–H groups in total. The van der Waals surface area contributed by atoms with Gasteiger partial charge in [-0.1, -0.05) is 0 Å². The molecule has 1 saturated heterocycles. The summed E-state index contributed by atoms with van der Waals surface area (Å²) in [6.45, 7) is 4.01. The van der Waals surface area contributed by atoms with E-state index in [0.29, 0.717) is 18.6 Å². The fourth-order valence-corrected chi connectivity index (χ4v) is 2.82. The Labute approximate surface area is 137 Å². The highest BCUT2D eigenvalue weighted by atomic mass is 16.3. The van der Waals surface area contributed by atoms with Crippen LogP contribution in [0.1, 0.15) is 38.4 Å². The van der Waals surface area contributed by atoms with Gasteiger partial charge < -0.3 is 20.0 Å². The number of furan rings is 1. The number of nitrogens with one attached hydrogen (secondary N) is 2. The van der Waals surface area contributed by atoms with E-state index in [1.807, 2.05) is 17.0 Å². The second-order valence-corrected chi connectivity index (χ2v) is 6.40. The van der Waals surface area contributed by atoms with Crippen molar-refractivity contribution < 1.29 is 9.21 Å².